The van der Waals surface area contributed by atoms with Gasteiger partial charge in [-0.3, -0.25) is 0 Å². The van der Waals surface area contributed by atoms with Gasteiger partial charge in [0.25, 0.3) is 0 Å². The molecule has 1 aromatic carbocycles. The highest BCUT2D eigenvalue weighted by atomic mass is 35.5. The molecule has 5 heteroatoms. The number of ether oxygens (including phenoxy) is 1. The molecule has 0 heterocycles. The van der Waals surface area contributed by atoms with Gasteiger partial charge in [-0.2, -0.15) is 0 Å². The fourth-order valence-electron chi connectivity index (χ4n) is 1.67. The van der Waals surface area contributed by atoms with Crippen LogP contribution in [0, 0.1) is 0 Å². The minimum absolute atomic E-state index is 0.264. The van der Waals surface area contributed by atoms with Gasteiger partial charge in [-0.25, -0.2) is 0 Å². The number of rotatable bonds is 7. The second-order valence-corrected chi connectivity index (χ2v) is 5.18. The minimum Gasteiger partial charge on any atom is -0.383 e. The van der Waals surface area contributed by atoms with Crippen LogP contribution in [0.4, 0.5) is 0 Å². The summed E-state index contributed by atoms with van der Waals surface area (Å²) in [5, 5.41) is 7.88. The standard InChI is InChI=1S/C14H21ClN2OS/c1-3-13(10-18-2)17-14(19)16-9-8-11-4-6-12(15)7-5-11/h4-7,13H,3,8-10H2,1-2H3,(H2,16,17,19). The van der Waals surface area contributed by atoms with E-state index in [4.69, 9.17) is 28.6 Å². The zero-order valence-electron chi connectivity index (χ0n) is 11.4. The molecule has 106 valence electrons. The lowest BCUT2D eigenvalue weighted by Crippen LogP contribution is -2.44. The third-order valence-corrected chi connectivity index (χ3v) is 3.32. The van der Waals surface area contributed by atoms with Crippen LogP contribution < -0.4 is 10.6 Å². The fraction of sp³-hybridized carbons (Fsp3) is 0.500. The van der Waals surface area contributed by atoms with Gasteiger partial charge in [-0.05, 0) is 42.8 Å². The molecule has 1 atom stereocenters. The smallest absolute Gasteiger partial charge is 0.166 e. The zero-order valence-corrected chi connectivity index (χ0v) is 13.0. The molecule has 19 heavy (non-hydrogen) atoms. The number of benzene rings is 1. The number of hydrogen-bond acceptors (Lipinski definition) is 2. The van der Waals surface area contributed by atoms with E-state index in [0.717, 1.165) is 24.4 Å². The number of nitrogens with one attached hydrogen (secondary N) is 2. The first kappa shape index (κ1) is 16.2. The van der Waals surface area contributed by atoms with Crippen LogP contribution in [0.3, 0.4) is 0 Å². The second kappa shape index (κ2) is 9.13. The second-order valence-electron chi connectivity index (χ2n) is 4.34. The SMILES string of the molecule is CCC(COC)NC(=S)NCCc1ccc(Cl)cc1. The molecule has 0 fully saturated rings. The molecule has 0 amide bonds. The molecule has 0 saturated carbocycles. The van der Waals surface area contributed by atoms with Crippen molar-refractivity contribution in [1.29, 1.82) is 0 Å². The maximum Gasteiger partial charge on any atom is 0.166 e. The Kier molecular flexibility index (Phi) is 7.79. The summed E-state index contributed by atoms with van der Waals surface area (Å²) in [6.45, 7) is 3.57. The van der Waals surface area contributed by atoms with E-state index in [0.29, 0.717) is 11.7 Å². The highest BCUT2D eigenvalue weighted by molar-refractivity contribution is 7.80. The Morgan fingerprint density at radius 1 is 1.37 bits per heavy atom. The fourth-order valence-corrected chi connectivity index (χ4v) is 2.07. The summed E-state index contributed by atoms with van der Waals surface area (Å²) >= 11 is 11.1. The molecule has 0 aliphatic carbocycles. The molecule has 0 spiro atoms. The predicted molar refractivity (Wildman–Crippen MR) is 84.8 cm³/mol. The van der Waals surface area contributed by atoms with E-state index in [9.17, 15) is 0 Å². The first-order chi connectivity index (χ1) is 9.15. The quantitative estimate of drug-likeness (QED) is 0.759. The molecule has 0 saturated heterocycles. The first-order valence-electron chi connectivity index (χ1n) is 6.43. The molecule has 2 N–H and O–H groups in total. The molecule has 1 aromatic rings. The van der Waals surface area contributed by atoms with Crippen LogP contribution in [-0.2, 0) is 11.2 Å². The van der Waals surface area contributed by atoms with Crippen LogP contribution in [0.15, 0.2) is 24.3 Å². The van der Waals surface area contributed by atoms with Crippen LogP contribution in [0.25, 0.3) is 0 Å². The number of thiocarbonyl (C=S) groups is 1. The normalized spacial score (nSPS) is 11.9. The molecule has 0 radical (unpaired) electrons. The van der Waals surface area contributed by atoms with E-state index < -0.39 is 0 Å². The molecule has 1 rings (SSSR count). The van der Waals surface area contributed by atoms with Gasteiger partial charge in [0.15, 0.2) is 5.11 Å². The lowest BCUT2D eigenvalue weighted by molar-refractivity contribution is 0.172. The van der Waals surface area contributed by atoms with Crippen molar-refractivity contribution in [3.8, 4) is 0 Å². The summed E-state index contributed by atoms with van der Waals surface area (Å²) in [5.41, 5.74) is 1.24. The van der Waals surface area contributed by atoms with Gasteiger partial charge < -0.3 is 15.4 Å². The van der Waals surface area contributed by atoms with E-state index in [1.807, 2.05) is 24.3 Å². The van der Waals surface area contributed by atoms with Gasteiger partial charge in [-0.1, -0.05) is 30.7 Å². The summed E-state index contributed by atoms with van der Waals surface area (Å²) in [6, 6.07) is 8.12. The van der Waals surface area contributed by atoms with E-state index >= 15 is 0 Å². The monoisotopic (exact) mass is 300 g/mol. The molecule has 3 nitrogen and oxygen atoms in total. The van der Waals surface area contributed by atoms with Crippen LogP contribution in [0.5, 0.6) is 0 Å². The van der Waals surface area contributed by atoms with Crippen molar-refractivity contribution >= 4 is 28.9 Å². The lowest BCUT2D eigenvalue weighted by Gasteiger charge is -2.18. The molecule has 0 bridgehead atoms. The summed E-state index contributed by atoms with van der Waals surface area (Å²) in [4.78, 5) is 0. The van der Waals surface area contributed by atoms with Crippen LogP contribution in [0.2, 0.25) is 5.02 Å². The first-order valence-corrected chi connectivity index (χ1v) is 7.22. The summed E-state index contributed by atoms with van der Waals surface area (Å²) < 4.78 is 5.12. The van der Waals surface area contributed by atoms with Crippen molar-refractivity contribution in [2.75, 3.05) is 20.3 Å². The van der Waals surface area contributed by atoms with Gasteiger partial charge in [0.1, 0.15) is 0 Å². The molecule has 0 aliphatic rings. The Morgan fingerprint density at radius 3 is 2.63 bits per heavy atom. The third-order valence-electron chi connectivity index (χ3n) is 2.81. The van der Waals surface area contributed by atoms with Crippen molar-refractivity contribution in [2.24, 2.45) is 0 Å². The van der Waals surface area contributed by atoms with Crippen molar-refractivity contribution < 1.29 is 4.74 Å². The van der Waals surface area contributed by atoms with Crippen LogP contribution >= 0.6 is 23.8 Å². The van der Waals surface area contributed by atoms with Crippen molar-refractivity contribution in [2.45, 2.75) is 25.8 Å². The average Bonchev–Trinajstić information content (AvgIpc) is 2.40. The van der Waals surface area contributed by atoms with Crippen molar-refractivity contribution in [1.82, 2.24) is 10.6 Å². The summed E-state index contributed by atoms with van der Waals surface area (Å²) in [5.74, 6) is 0. The number of methoxy groups -OCH3 is 1. The number of halogens is 1. The van der Waals surface area contributed by atoms with Crippen molar-refractivity contribution in [3.63, 3.8) is 0 Å². The van der Waals surface area contributed by atoms with Crippen molar-refractivity contribution in [3.05, 3.63) is 34.9 Å². The Morgan fingerprint density at radius 2 is 2.05 bits per heavy atom. The topological polar surface area (TPSA) is 33.3 Å². The molecular weight excluding hydrogens is 280 g/mol. The summed E-state index contributed by atoms with van der Waals surface area (Å²) in [6.07, 6.45) is 1.90. The molecular formula is C14H21ClN2OS. The van der Waals surface area contributed by atoms with E-state index in [1.165, 1.54) is 5.56 Å². The largest absolute Gasteiger partial charge is 0.383 e. The van der Waals surface area contributed by atoms with Gasteiger partial charge >= 0.3 is 0 Å². The molecule has 1 unspecified atom stereocenters. The average molecular weight is 301 g/mol. The third kappa shape index (κ3) is 6.76. The van der Waals surface area contributed by atoms with Gasteiger partial charge in [0.05, 0.1) is 12.6 Å². The highest BCUT2D eigenvalue weighted by Crippen LogP contribution is 2.09. The molecule has 0 aromatic heterocycles. The van der Waals surface area contributed by atoms with Gasteiger partial charge in [0.2, 0.25) is 0 Å². The highest BCUT2D eigenvalue weighted by Gasteiger charge is 2.06. The Bertz CT molecular complexity index is 384. The molecule has 0 aliphatic heterocycles. The maximum absolute atomic E-state index is 5.84. The van der Waals surface area contributed by atoms with Crippen LogP contribution in [-0.4, -0.2) is 31.4 Å². The Balaban J connectivity index is 2.24. The minimum atomic E-state index is 0.264. The Labute approximate surface area is 125 Å². The maximum atomic E-state index is 5.84. The van der Waals surface area contributed by atoms with Gasteiger partial charge in [0, 0.05) is 18.7 Å². The summed E-state index contributed by atoms with van der Waals surface area (Å²) in [7, 11) is 1.70. The van der Waals surface area contributed by atoms with E-state index in [2.05, 4.69) is 17.6 Å². The van der Waals surface area contributed by atoms with E-state index in [-0.39, 0.29) is 6.04 Å². The van der Waals surface area contributed by atoms with E-state index in [1.54, 1.807) is 7.11 Å². The van der Waals surface area contributed by atoms with Crippen LogP contribution in [0.1, 0.15) is 18.9 Å². The predicted octanol–water partition coefficient (Wildman–Crippen LogP) is 2.77. The lowest BCUT2D eigenvalue weighted by atomic mass is 10.1. The zero-order chi connectivity index (χ0) is 14.1. The van der Waals surface area contributed by atoms with Gasteiger partial charge in [-0.15, -0.1) is 0 Å². The number of hydrogen-bond donors (Lipinski definition) is 2. The Hall–Kier alpha value is -0.840.